The molecule has 0 bridgehead atoms. The lowest BCUT2D eigenvalue weighted by Crippen LogP contribution is -2.12. The van der Waals surface area contributed by atoms with Crippen molar-refractivity contribution in [1.82, 2.24) is 4.98 Å². The van der Waals surface area contributed by atoms with E-state index in [1.807, 2.05) is 12.3 Å². The van der Waals surface area contributed by atoms with E-state index in [0.29, 0.717) is 0 Å². The second-order valence-electron chi connectivity index (χ2n) is 3.32. The van der Waals surface area contributed by atoms with Gasteiger partial charge in [-0.1, -0.05) is 12.1 Å². The first-order valence-electron chi connectivity index (χ1n) is 4.60. The van der Waals surface area contributed by atoms with Crippen LogP contribution in [0.4, 0.5) is 4.39 Å². The Bertz CT molecular complexity index is 450. The Morgan fingerprint density at radius 1 is 1.33 bits per heavy atom. The van der Waals surface area contributed by atoms with Gasteiger partial charge in [0.1, 0.15) is 5.82 Å². The van der Waals surface area contributed by atoms with E-state index in [4.69, 9.17) is 5.73 Å². The molecule has 1 aromatic carbocycles. The van der Waals surface area contributed by atoms with Crippen molar-refractivity contribution < 1.29 is 4.39 Å². The summed E-state index contributed by atoms with van der Waals surface area (Å²) in [6, 6.07) is 5.93. The summed E-state index contributed by atoms with van der Waals surface area (Å²) in [6.07, 6.45) is 0. The first-order chi connectivity index (χ1) is 7.16. The molecule has 0 aliphatic rings. The molecule has 2 aromatic rings. The first-order valence-corrected chi connectivity index (χ1v) is 5.48. The van der Waals surface area contributed by atoms with Gasteiger partial charge in [0.2, 0.25) is 0 Å². The van der Waals surface area contributed by atoms with E-state index >= 15 is 0 Å². The zero-order valence-corrected chi connectivity index (χ0v) is 9.09. The topological polar surface area (TPSA) is 38.9 Å². The fourth-order valence-electron chi connectivity index (χ4n) is 1.36. The molecule has 2 N–H and O–H groups in total. The number of aromatic nitrogens is 1. The molecule has 0 spiro atoms. The molecule has 0 radical (unpaired) electrons. The molecule has 1 atom stereocenters. The Balaban J connectivity index is 2.28. The monoisotopic (exact) mass is 222 g/mol. The predicted octanol–water partition coefficient (Wildman–Crippen LogP) is 2.64. The third-order valence-corrected chi connectivity index (χ3v) is 2.98. The van der Waals surface area contributed by atoms with E-state index in [-0.39, 0.29) is 11.9 Å². The number of nitrogens with two attached hydrogens (primary N) is 1. The van der Waals surface area contributed by atoms with Gasteiger partial charge in [0.15, 0.2) is 0 Å². The predicted molar refractivity (Wildman–Crippen MR) is 59.3 cm³/mol. The molecule has 0 saturated carbocycles. The van der Waals surface area contributed by atoms with Gasteiger partial charge in [-0.15, -0.1) is 11.3 Å². The maximum absolute atomic E-state index is 12.7. The Morgan fingerprint density at radius 3 is 2.53 bits per heavy atom. The van der Waals surface area contributed by atoms with Crippen molar-refractivity contribution in [3.8, 4) is 0 Å². The lowest BCUT2D eigenvalue weighted by molar-refractivity contribution is 0.626. The van der Waals surface area contributed by atoms with Gasteiger partial charge in [-0.2, -0.15) is 0 Å². The van der Waals surface area contributed by atoms with Gasteiger partial charge < -0.3 is 5.73 Å². The minimum atomic E-state index is -0.268. The third kappa shape index (κ3) is 2.22. The molecule has 0 fully saturated rings. The fourth-order valence-corrected chi connectivity index (χ4v) is 2.01. The maximum atomic E-state index is 12.7. The van der Waals surface area contributed by atoms with E-state index < -0.39 is 0 Å². The van der Waals surface area contributed by atoms with E-state index in [2.05, 4.69) is 4.98 Å². The second-order valence-corrected chi connectivity index (χ2v) is 4.38. The van der Waals surface area contributed by atoms with Gasteiger partial charge in [0, 0.05) is 5.38 Å². The minimum Gasteiger partial charge on any atom is -0.319 e. The molecule has 2 rings (SSSR count). The molecule has 15 heavy (non-hydrogen) atoms. The maximum Gasteiger partial charge on any atom is 0.123 e. The van der Waals surface area contributed by atoms with Gasteiger partial charge in [-0.05, 0) is 24.6 Å². The van der Waals surface area contributed by atoms with Crippen LogP contribution in [0.2, 0.25) is 0 Å². The molecule has 1 heterocycles. The van der Waals surface area contributed by atoms with Crippen LogP contribution in [0.25, 0.3) is 0 Å². The highest BCUT2D eigenvalue weighted by Crippen LogP contribution is 2.21. The molecule has 78 valence electrons. The fraction of sp³-hybridized carbons (Fsp3) is 0.182. The largest absolute Gasteiger partial charge is 0.319 e. The summed E-state index contributed by atoms with van der Waals surface area (Å²) in [5.41, 5.74) is 7.72. The Hall–Kier alpha value is -1.26. The molecule has 0 aliphatic carbocycles. The average Bonchev–Trinajstić information content (AvgIpc) is 2.65. The van der Waals surface area contributed by atoms with Crippen molar-refractivity contribution in [2.24, 2.45) is 5.73 Å². The lowest BCUT2D eigenvalue weighted by Gasteiger charge is -2.08. The summed E-state index contributed by atoms with van der Waals surface area (Å²) >= 11 is 1.57. The standard InChI is InChI=1S/C11H11FN2S/c1-7-14-10(6-15-7)11(13)8-2-4-9(12)5-3-8/h2-6,11H,13H2,1H3. The van der Waals surface area contributed by atoms with Gasteiger partial charge >= 0.3 is 0 Å². The molecule has 2 nitrogen and oxygen atoms in total. The van der Waals surface area contributed by atoms with Crippen LogP contribution in [0.1, 0.15) is 22.3 Å². The van der Waals surface area contributed by atoms with E-state index in [0.717, 1.165) is 16.3 Å². The molecule has 4 heteroatoms. The minimum absolute atomic E-state index is 0.250. The van der Waals surface area contributed by atoms with Crippen molar-refractivity contribution in [1.29, 1.82) is 0 Å². The van der Waals surface area contributed by atoms with Crippen molar-refractivity contribution in [3.63, 3.8) is 0 Å². The zero-order chi connectivity index (χ0) is 10.8. The van der Waals surface area contributed by atoms with Crippen molar-refractivity contribution in [2.75, 3.05) is 0 Å². The summed E-state index contributed by atoms with van der Waals surface area (Å²) in [5.74, 6) is -0.250. The van der Waals surface area contributed by atoms with Crippen LogP contribution in [0, 0.1) is 12.7 Å². The summed E-state index contributed by atoms with van der Waals surface area (Å²) in [5, 5.41) is 2.92. The van der Waals surface area contributed by atoms with E-state index in [1.54, 1.807) is 23.5 Å². The quantitative estimate of drug-likeness (QED) is 0.848. The lowest BCUT2D eigenvalue weighted by atomic mass is 10.1. The summed E-state index contributed by atoms with van der Waals surface area (Å²) < 4.78 is 12.7. The van der Waals surface area contributed by atoms with E-state index in [1.165, 1.54) is 12.1 Å². The van der Waals surface area contributed by atoms with Crippen LogP contribution in [0.15, 0.2) is 29.6 Å². The van der Waals surface area contributed by atoms with Gasteiger partial charge in [0.05, 0.1) is 16.7 Å². The smallest absolute Gasteiger partial charge is 0.123 e. The Labute approximate surface area is 91.6 Å². The van der Waals surface area contributed by atoms with Gasteiger partial charge in [-0.25, -0.2) is 9.37 Å². The van der Waals surface area contributed by atoms with Crippen LogP contribution in [0.5, 0.6) is 0 Å². The zero-order valence-electron chi connectivity index (χ0n) is 8.27. The number of halogens is 1. The van der Waals surface area contributed by atoms with Crippen LogP contribution >= 0.6 is 11.3 Å². The molecule has 0 saturated heterocycles. The normalized spacial score (nSPS) is 12.7. The van der Waals surface area contributed by atoms with Crippen molar-refractivity contribution in [2.45, 2.75) is 13.0 Å². The van der Waals surface area contributed by atoms with Gasteiger partial charge in [-0.3, -0.25) is 0 Å². The number of thiazole rings is 1. The first kappa shape index (κ1) is 10.3. The molecule has 0 aliphatic heterocycles. The number of hydrogen-bond donors (Lipinski definition) is 1. The van der Waals surface area contributed by atoms with Crippen LogP contribution in [-0.2, 0) is 0 Å². The third-order valence-electron chi connectivity index (χ3n) is 2.18. The number of benzene rings is 1. The number of aryl methyl sites for hydroxylation is 1. The number of rotatable bonds is 2. The molecular weight excluding hydrogens is 211 g/mol. The summed E-state index contributed by atoms with van der Waals surface area (Å²) in [7, 11) is 0. The summed E-state index contributed by atoms with van der Waals surface area (Å²) in [6.45, 7) is 1.94. The highest BCUT2D eigenvalue weighted by Gasteiger charge is 2.11. The SMILES string of the molecule is Cc1nc(C(N)c2ccc(F)cc2)cs1. The Kier molecular flexibility index (Phi) is 2.79. The van der Waals surface area contributed by atoms with Crippen molar-refractivity contribution >= 4 is 11.3 Å². The van der Waals surface area contributed by atoms with Gasteiger partial charge in [0.25, 0.3) is 0 Å². The van der Waals surface area contributed by atoms with Crippen LogP contribution < -0.4 is 5.73 Å². The highest BCUT2D eigenvalue weighted by atomic mass is 32.1. The van der Waals surface area contributed by atoms with Crippen LogP contribution in [0.3, 0.4) is 0 Å². The van der Waals surface area contributed by atoms with Crippen LogP contribution in [-0.4, -0.2) is 4.98 Å². The van der Waals surface area contributed by atoms with E-state index in [9.17, 15) is 4.39 Å². The number of nitrogens with zero attached hydrogens (tertiary/aromatic N) is 1. The second kappa shape index (κ2) is 4.08. The molecule has 1 unspecified atom stereocenters. The highest BCUT2D eigenvalue weighted by molar-refractivity contribution is 7.09. The molecule has 1 aromatic heterocycles. The average molecular weight is 222 g/mol. The number of hydrogen-bond acceptors (Lipinski definition) is 3. The summed E-state index contributed by atoms with van der Waals surface area (Å²) in [4.78, 5) is 4.31. The molecule has 0 amide bonds. The molecular formula is C11H11FN2S. The Morgan fingerprint density at radius 2 is 2.00 bits per heavy atom. The van der Waals surface area contributed by atoms with Crippen molar-refractivity contribution in [3.05, 3.63) is 51.7 Å².